The summed E-state index contributed by atoms with van der Waals surface area (Å²) in [6.45, 7) is 3.90. The first-order chi connectivity index (χ1) is 28.0. The second-order valence-corrected chi connectivity index (χ2v) is 16.7. The highest BCUT2D eigenvalue weighted by Gasteiger charge is 2.21. The summed E-state index contributed by atoms with van der Waals surface area (Å²) in [6, 6.07) is 0. The van der Waals surface area contributed by atoms with Crippen molar-refractivity contribution in [2.45, 2.75) is 148 Å². The molecule has 10 heteroatoms. The Hall–Kier alpha value is -3.07. The highest BCUT2D eigenvalue weighted by molar-refractivity contribution is 7.45. The number of unbranched alkanes of at least 4 members (excludes halogenated alkanes) is 8. The molecule has 0 aliphatic rings. The van der Waals surface area contributed by atoms with Crippen molar-refractivity contribution in [2.24, 2.45) is 0 Å². The summed E-state index contributed by atoms with van der Waals surface area (Å²) in [7, 11) is 1.11. The van der Waals surface area contributed by atoms with Gasteiger partial charge in [0.2, 0.25) is 0 Å². The summed E-state index contributed by atoms with van der Waals surface area (Å²) in [5, 5.41) is 0. The lowest BCUT2D eigenvalue weighted by atomic mass is 10.1. The average Bonchev–Trinajstić information content (AvgIpc) is 3.17. The van der Waals surface area contributed by atoms with E-state index in [-0.39, 0.29) is 26.1 Å². The number of rotatable bonds is 38. The van der Waals surface area contributed by atoms with Gasteiger partial charge in [0.15, 0.2) is 6.10 Å². The Morgan fingerprint density at radius 3 is 1.41 bits per heavy atom. The Bertz CT molecular complexity index is 1300. The number of hydrogen-bond donors (Lipinski definition) is 0. The molecule has 0 amide bonds. The summed E-state index contributed by atoms with van der Waals surface area (Å²) in [4.78, 5) is 37.5. The zero-order chi connectivity index (χ0) is 42.8. The van der Waals surface area contributed by atoms with Crippen LogP contribution < -0.4 is 4.89 Å². The summed E-state index contributed by atoms with van der Waals surface area (Å²) >= 11 is 0. The molecule has 2 atom stereocenters. The first-order valence-corrected chi connectivity index (χ1v) is 23.4. The van der Waals surface area contributed by atoms with Crippen molar-refractivity contribution >= 4 is 19.8 Å². The van der Waals surface area contributed by atoms with Crippen LogP contribution in [0.25, 0.3) is 0 Å². The van der Waals surface area contributed by atoms with Crippen molar-refractivity contribution < 1.29 is 42.1 Å². The van der Waals surface area contributed by atoms with Crippen LogP contribution in [-0.2, 0) is 32.7 Å². The molecule has 0 heterocycles. The van der Waals surface area contributed by atoms with Gasteiger partial charge in [-0.25, -0.2) is 0 Å². The van der Waals surface area contributed by atoms with E-state index in [1.807, 2.05) is 21.1 Å². The minimum Gasteiger partial charge on any atom is -0.756 e. The van der Waals surface area contributed by atoms with Gasteiger partial charge in [-0.05, 0) is 89.9 Å². The second-order valence-electron chi connectivity index (χ2n) is 15.3. The molecule has 330 valence electrons. The number of quaternary nitrogens is 1. The van der Waals surface area contributed by atoms with Gasteiger partial charge in [-0.2, -0.15) is 0 Å². The van der Waals surface area contributed by atoms with Gasteiger partial charge in [0.25, 0.3) is 7.82 Å². The molecule has 0 fully saturated rings. The molecule has 0 radical (unpaired) electrons. The van der Waals surface area contributed by atoms with Crippen LogP contribution in [0.5, 0.6) is 0 Å². The smallest absolute Gasteiger partial charge is 0.306 e. The molecular formula is C48H80NO8P. The lowest BCUT2D eigenvalue weighted by Gasteiger charge is -2.28. The summed E-state index contributed by atoms with van der Waals surface area (Å²) in [5.74, 6) is -0.911. The molecule has 0 saturated heterocycles. The number of esters is 2. The molecule has 0 N–H and O–H groups in total. The second kappa shape index (κ2) is 39.4. The van der Waals surface area contributed by atoms with E-state index in [0.29, 0.717) is 23.9 Å². The first-order valence-electron chi connectivity index (χ1n) is 21.9. The maximum Gasteiger partial charge on any atom is 0.306 e. The van der Waals surface area contributed by atoms with Crippen LogP contribution in [0.3, 0.4) is 0 Å². The van der Waals surface area contributed by atoms with E-state index in [1.54, 1.807) is 0 Å². The zero-order valence-electron chi connectivity index (χ0n) is 36.9. The van der Waals surface area contributed by atoms with Gasteiger partial charge in [0.1, 0.15) is 19.8 Å². The Kier molecular flexibility index (Phi) is 37.3. The maximum absolute atomic E-state index is 12.7. The molecule has 0 saturated carbocycles. The SMILES string of the molecule is CC/C=C\C/C=C\C/C=C\C/C=C\CCCCCCCCC(=O)OC(COC(=O)CCCC/C=C\C/C=C\C/C=C\C/C=C\CC)COP(=O)([O-])OCC[N+](C)(C)C. The Morgan fingerprint density at radius 1 is 0.534 bits per heavy atom. The molecule has 0 aliphatic carbocycles. The minimum absolute atomic E-state index is 0.0466. The Labute approximate surface area is 353 Å². The lowest BCUT2D eigenvalue weighted by Crippen LogP contribution is -2.37. The number of hydrogen-bond acceptors (Lipinski definition) is 8. The number of carbonyl (C=O) groups is 2. The standard InChI is InChI=1S/C48H80NO8P/c1-6-8-10-12-14-16-18-20-22-23-24-25-27-29-31-33-35-37-39-41-48(51)57-46(45-56-58(52,53)55-43-42-49(3,4)5)44-54-47(50)40-38-36-34-32-30-28-26-21-19-17-15-13-11-9-7-2/h8-11,14-17,20-22,24-26,30,32,46H,6-7,12-13,18-19,23,27-29,31,33-45H2,1-5H3/b10-8-,11-9-,16-14-,17-15-,22-20-,25-24-,26-21-,32-30-. The molecule has 0 aromatic carbocycles. The quantitative estimate of drug-likeness (QED) is 0.0199. The molecule has 0 bridgehead atoms. The van der Waals surface area contributed by atoms with Crippen molar-refractivity contribution in [3.8, 4) is 0 Å². The number of phosphoric ester groups is 1. The van der Waals surface area contributed by atoms with Gasteiger partial charge in [0.05, 0.1) is 27.7 Å². The minimum atomic E-state index is -4.65. The highest BCUT2D eigenvalue weighted by Crippen LogP contribution is 2.38. The third-order valence-electron chi connectivity index (χ3n) is 8.60. The average molecular weight is 830 g/mol. The Balaban J connectivity index is 4.47. The fourth-order valence-corrected chi connectivity index (χ4v) is 5.95. The topological polar surface area (TPSA) is 111 Å². The van der Waals surface area contributed by atoms with Gasteiger partial charge in [-0.15, -0.1) is 0 Å². The van der Waals surface area contributed by atoms with Crippen LogP contribution in [0.15, 0.2) is 97.2 Å². The molecule has 0 spiro atoms. The molecule has 9 nitrogen and oxygen atoms in total. The summed E-state index contributed by atoms with van der Waals surface area (Å²) < 4.78 is 33.8. The van der Waals surface area contributed by atoms with Crippen LogP contribution in [0.4, 0.5) is 0 Å². The monoisotopic (exact) mass is 830 g/mol. The van der Waals surface area contributed by atoms with Crippen LogP contribution in [0.2, 0.25) is 0 Å². The zero-order valence-corrected chi connectivity index (χ0v) is 37.8. The number of ether oxygens (including phenoxy) is 2. The van der Waals surface area contributed by atoms with Gasteiger partial charge in [-0.1, -0.05) is 137 Å². The predicted molar refractivity (Wildman–Crippen MR) is 240 cm³/mol. The van der Waals surface area contributed by atoms with Crippen LogP contribution >= 0.6 is 7.82 Å². The first kappa shape index (κ1) is 54.9. The van der Waals surface area contributed by atoms with Crippen molar-refractivity contribution in [3.63, 3.8) is 0 Å². The van der Waals surface area contributed by atoms with Crippen LogP contribution in [0, 0.1) is 0 Å². The summed E-state index contributed by atoms with van der Waals surface area (Å²) in [5.41, 5.74) is 0. The van der Waals surface area contributed by atoms with Gasteiger partial charge in [-0.3, -0.25) is 14.2 Å². The van der Waals surface area contributed by atoms with E-state index in [9.17, 15) is 19.0 Å². The number of carbonyl (C=O) groups excluding carboxylic acids is 2. The van der Waals surface area contributed by atoms with Gasteiger partial charge in [0, 0.05) is 12.8 Å². The molecule has 58 heavy (non-hydrogen) atoms. The van der Waals surface area contributed by atoms with Crippen molar-refractivity contribution in [2.75, 3.05) is 47.5 Å². The fraction of sp³-hybridized carbons (Fsp3) is 0.625. The van der Waals surface area contributed by atoms with Crippen molar-refractivity contribution in [1.29, 1.82) is 0 Å². The van der Waals surface area contributed by atoms with E-state index in [4.69, 9.17) is 18.5 Å². The normalized spacial score (nSPS) is 14.5. The van der Waals surface area contributed by atoms with Crippen LogP contribution in [0.1, 0.15) is 142 Å². The maximum atomic E-state index is 12.7. The van der Waals surface area contributed by atoms with Gasteiger partial charge < -0.3 is 27.9 Å². The van der Waals surface area contributed by atoms with E-state index in [1.165, 1.54) is 0 Å². The molecular weight excluding hydrogens is 750 g/mol. The van der Waals surface area contributed by atoms with Crippen molar-refractivity contribution in [3.05, 3.63) is 97.2 Å². The number of phosphoric acid groups is 1. The molecule has 0 aliphatic heterocycles. The Morgan fingerprint density at radius 2 is 0.931 bits per heavy atom. The molecule has 0 rings (SSSR count). The van der Waals surface area contributed by atoms with E-state index in [0.717, 1.165) is 103 Å². The molecule has 0 aromatic heterocycles. The fourth-order valence-electron chi connectivity index (χ4n) is 5.22. The lowest BCUT2D eigenvalue weighted by molar-refractivity contribution is -0.870. The third kappa shape index (κ3) is 42.5. The van der Waals surface area contributed by atoms with Crippen LogP contribution in [-0.4, -0.2) is 70.0 Å². The number of nitrogens with zero attached hydrogens (tertiary/aromatic N) is 1. The predicted octanol–water partition coefficient (Wildman–Crippen LogP) is 11.9. The highest BCUT2D eigenvalue weighted by atomic mass is 31.2. The van der Waals surface area contributed by atoms with Gasteiger partial charge >= 0.3 is 11.9 Å². The summed E-state index contributed by atoms with van der Waals surface area (Å²) in [6.07, 6.45) is 51.5. The third-order valence-corrected chi connectivity index (χ3v) is 9.56. The van der Waals surface area contributed by atoms with E-state index >= 15 is 0 Å². The largest absolute Gasteiger partial charge is 0.756 e. The number of allylic oxidation sites excluding steroid dienone is 16. The molecule has 0 aromatic rings. The number of likely N-dealkylation sites (N-methyl/N-ethyl adjacent to an activating group) is 1. The van der Waals surface area contributed by atoms with Crippen molar-refractivity contribution in [1.82, 2.24) is 0 Å². The van der Waals surface area contributed by atoms with E-state index < -0.39 is 32.5 Å². The molecule has 2 unspecified atom stereocenters. The van der Waals surface area contributed by atoms with E-state index in [2.05, 4.69) is 111 Å².